The summed E-state index contributed by atoms with van der Waals surface area (Å²) in [4.78, 5) is 0. The number of rotatable bonds is 4. The van der Waals surface area contributed by atoms with Gasteiger partial charge >= 0.3 is 0 Å². The number of oxime groups is 1. The molecule has 9 heavy (non-hydrogen) atoms. The van der Waals surface area contributed by atoms with Crippen LogP contribution in [0.3, 0.4) is 0 Å². The zero-order valence-corrected chi connectivity index (χ0v) is 6.74. The van der Waals surface area contributed by atoms with Crippen molar-refractivity contribution in [3.63, 3.8) is 0 Å². The van der Waals surface area contributed by atoms with Crippen molar-refractivity contribution in [3.05, 3.63) is 0 Å². The second-order valence-corrected chi connectivity index (χ2v) is 2.92. The van der Waals surface area contributed by atoms with E-state index in [0.717, 1.165) is 24.3 Å². The largest absolute Gasteiger partial charge is 0.411 e. The monoisotopic (exact) mass is 147 g/mol. The van der Waals surface area contributed by atoms with E-state index < -0.39 is 0 Å². The zero-order valence-electron chi connectivity index (χ0n) is 5.92. The van der Waals surface area contributed by atoms with Crippen molar-refractivity contribution in [1.29, 1.82) is 0 Å². The van der Waals surface area contributed by atoms with Gasteiger partial charge in [0.15, 0.2) is 0 Å². The van der Waals surface area contributed by atoms with Crippen LogP contribution in [0.15, 0.2) is 5.16 Å². The molecule has 0 aromatic carbocycles. The molecule has 0 aliphatic heterocycles. The maximum Gasteiger partial charge on any atom is 0.0540 e. The molecule has 0 radical (unpaired) electrons. The lowest BCUT2D eigenvalue weighted by Gasteiger charge is -1.94. The average molecular weight is 147 g/mol. The first-order valence-electron chi connectivity index (χ1n) is 2.97. The van der Waals surface area contributed by atoms with Gasteiger partial charge in [0, 0.05) is 0 Å². The Balaban J connectivity index is 3.07. The van der Waals surface area contributed by atoms with E-state index in [2.05, 4.69) is 11.4 Å². The lowest BCUT2D eigenvalue weighted by Crippen LogP contribution is -1.91. The third kappa shape index (κ3) is 5.69. The van der Waals surface area contributed by atoms with Gasteiger partial charge in [0.25, 0.3) is 0 Å². The Morgan fingerprint density at radius 1 is 1.67 bits per heavy atom. The molecule has 0 bridgehead atoms. The summed E-state index contributed by atoms with van der Waals surface area (Å²) in [5.74, 6) is 1.15. The summed E-state index contributed by atoms with van der Waals surface area (Å²) in [6.45, 7) is 1.83. The molecule has 0 heterocycles. The zero-order chi connectivity index (χ0) is 7.11. The molecule has 0 aliphatic rings. The molecule has 0 aromatic rings. The highest BCUT2D eigenvalue weighted by molar-refractivity contribution is 7.98. The molecule has 0 aromatic heterocycles. The second kappa shape index (κ2) is 5.95. The summed E-state index contributed by atoms with van der Waals surface area (Å²) >= 11 is 1.82. The molecule has 0 saturated carbocycles. The Morgan fingerprint density at radius 3 is 2.78 bits per heavy atom. The molecule has 1 N–H and O–H groups in total. The summed E-state index contributed by atoms with van der Waals surface area (Å²) < 4.78 is 0. The Morgan fingerprint density at radius 2 is 2.33 bits per heavy atom. The molecule has 0 spiro atoms. The van der Waals surface area contributed by atoms with Crippen LogP contribution in [0.4, 0.5) is 0 Å². The smallest absolute Gasteiger partial charge is 0.0540 e. The highest BCUT2D eigenvalue weighted by Crippen LogP contribution is 1.99. The van der Waals surface area contributed by atoms with Crippen LogP contribution in [0.2, 0.25) is 0 Å². The van der Waals surface area contributed by atoms with Crippen molar-refractivity contribution in [2.24, 2.45) is 5.16 Å². The minimum absolute atomic E-state index is 0.823. The van der Waals surface area contributed by atoms with Gasteiger partial charge in [-0.2, -0.15) is 11.8 Å². The third-order valence-electron chi connectivity index (χ3n) is 1.06. The molecule has 0 unspecified atom stereocenters. The lowest BCUT2D eigenvalue weighted by molar-refractivity contribution is 0.317. The van der Waals surface area contributed by atoms with Crippen LogP contribution in [0.1, 0.15) is 19.8 Å². The third-order valence-corrected chi connectivity index (χ3v) is 1.75. The average Bonchev–Trinajstić information content (AvgIpc) is 1.89. The van der Waals surface area contributed by atoms with Gasteiger partial charge in [0.05, 0.1) is 5.71 Å². The lowest BCUT2D eigenvalue weighted by atomic mass is 10.2. The van der Waals surface area contributed by atoms with Crippen LogP contribution >= 0.6 is 11.8 Å². The maximum atomic E-state index is 8.22. The van der Waals surface area contributed by atoms with Crippen molar-refractivity contribution in [1.82, 2.24) is 0 Å². The molecule has 0 saturated heterocycles. The van der Waals surface area contributed by atoms with Crippen LogP contribution in [-0.2, 0) is 0 Å². The Labute approximate surface area is 60.3 Å². The summed E-state index contributed by atoms with van der Waals surface area (Å²) in [5, 5.41) is 11.3. The fourth-order valence-corrected chi connectivity index (χ4v) is 0.955. The van der Waals surface area contributed by atoms with Gasteiger partial charge in [0.1, 0.15) is 0 Å². The van der Waals surface area contributed by atoms with Crippen molar-refractivity contribution in [2.45, 2.75) is 19.8 Å². The molecule has 0 amide bonds. The van der Waals surface area contributed by atoms with Gasteiger partial charge in [-0.1, -0.05) is 5.16 Å². The van der Waals surface area contributed by atoms with Gasteiger partial charge in [-0.25, -0.2) is 0 Å². The predicted octanol–water partition coefficient (Wildman–Crippen LogP) is 1.98. The van der Waals surface area contributed by atoms with E-state index in [9.17, 15) is 0 Å². The van der Waals surface area contributed by atoms with Gasteiger partial charge in [0.2, 0.25) is 0 Å². The molecule has 54 valence electrons. The van der Waals surface area contributed by atoms with Crippen molar-refractivity contribution >= 4 is 17.5 Å². The molecule has 0 atom stereocenters. The van der Waals surface area contributed by atoms with E-state index in [0.29, 0.717) is 0 Å². The quantitative estimate of drug-likeness (QED) is 0.285. The first kappa shape index (κ1) is 8.82. The fourth-order valence-electron chi connectivity index (χ4n) is 0.522. The molecular formula is C6H13NOS. The predicted molar refractivity (Wildman–Crippen MR) is 42.5 cm³/mol. The van der Waals surface area contributed by atoms with E-state index >= 15 is 0 Å². The van der Waals surface area contributed by atoms with Crippen LogP contribution in [-0.4, -0.2) is 22.9 Å². The van der Waals surface area contributed by atoms with E-state index in [1.54, 1.807) is 0 Å². The Hall–Kier alpha value is -0.180. The second-order valence-electron chi connectivity index (χ2n) is 1.93. The van der Waals surface area contributed by atoms with Crippen LogP contribution in [0.5, 0.6) is 0 Å². The first-order valence-corrected chi connectivity index (χ1v) is 4.37. The molecule has 0 rings (SSSR count). The van der Waals surface area contributed by atoms with Crippen molar-refractivity contribution < 1.29 is 5.21 Å². The van der Waals surface area contributed by atoms with E-state index in [1.165, 1.54) is 0 Å². The summed E-state index contributed by atoms with van der Waals surface area (Å²) in [5.41, 5.74) is 0.823. The normalized spacial score (nSPS) is 12.0. The molecule has 0 aliphatic carbocycles. The summed E-state index contributed by atoms with van der Waals surface area (Å²) in [6.07, 6.45) is 4.10. The number of hydrogen-bond donors (Lipinski definition) is 1. The minimum Gasteiger partial charge on any atom is -0.411 e. The van der Waals surface area contributed by atoms with E-state index in [4.69, 9.17) is 5.21 Å². The molecule has 3 heteroatoms. The van der Waals surface area contributed by atoms with Gasteiger partial charge in [-0.15, -0.1) is 0 Å². The van der Waals surface area contributed by atoms with Gasteiger partial charge < -0.3 is 5.21 Å². The SMILES string of the molecule is CSCCC/C(C)=N\O. The van der Waals surface area contributed by atoms with E-state index in [-0.39, 0.29) is 0 Å². The molecule has 2 nitrogen and oxygen atoms in total. The first-order chi connectivity index (χ1) is 4.31. The molecular weight excluding hydrogens is 134 g/mol. The highest BCUT2D eigenvalue weighted by Gasteiger charge is 1.89. The highest BCUT2D eigenvalue weighted by atomic mass is 32.2. The van der Waals surface area contributed by atoms with Crippen LogP contribution in [0, 0.1) is 0 Å². The van der Waals surface area contributed by atoms with Crippen LogP contribution in [0.25, 0.3) is 0 Å². The number of nitrogens with zero attached hydrogens (tertiary/aromatic N) is 1. The number of hydrogen-bond acceptors (Lipinski definition) is 3. The Bertz CT molecular complexity index is 93.1. The molecule has 0 fully saturated rings. The number of thioether (sulfide) groups is 1. The fraction of sp³-hybridized carbons (Fsp3) is 0.833. The summed E-state index contributed by atoms with van der Waals surface area (Å²) in [7, 11) is 0. The van der Waals surface area contributed by atoms with E-state index in [1.807, 2.05) is 18.7 Å². The van der Waals surface area contributed by atoms with Gasteiger partial charge in [-0.3, -0.25) is 0 Å². The van der Waals surface area contributed by atoms with Crippen molar-refractivity contribution in [2.75, 3.05) is 12.0 Å². The summed E-state index contributed by atoms with van der Waals surface area (Å²) in [6, 6.07) is 0. The standard InChI is InChI=1S/C6H13NOS/c1-6(7-8)4-3-5-9-2/h8H,3-5H2,1-2H3/b7-6-. The van der Waals surface area contributed by atoms with Crippen LogP contribution < -0.4 is 0 Å². The topological polar surface area (TPSA) is 32.6 Å². The Kier molecular flexibility index (Phi) is 5.83. The minimum atomic E-state index is 0.823. The maximum absolute atomic E-state index is 8.22. The van der Waals surface area contributed by atoms with Gasteiger partial charge in [-0.05, 0) is 31.8 Å². The van der Waals surface area contributed by atoms with Crippen molar-refractivity contribution in [3.8, 4) is 0 Å².